The van der Waals surface area contributed by atoms with E-state index in [0.29, 0.717) is 11.9 Å². The van der Waals surface area contributed by atoms with E-state index in [1.54, 1.807) is 18.3 Å². The van der Waals surface area contributed by atoms with Gasteiger partial charge in [0.1, 0.15) is 0 Å². The molecule has 1 aromatic rings. The monoisotopic (exact) mass is 419 g/mol. The maximum absolute atomic E-state index is 13.1. The van der Waals surface area contributed by atoms with Crippen LogP contribution in [0.1, 0.15) is 37.8 Å². The van der Waals surface area contributed by atoms with E-state index in [-0.39, 0.29) is 11.8 Å². The van der Waals surface area contributed by atoms with Gasteiger partial charge in [-0.1, -0.05) is 0 Å². The van der Waals surface area contributed by atoms with Crippen LogP contribution >= 0.6 is 11.3 Å². The summed E-state index contributed by atoms with van der Waals surface area (Å²) in [5.74, 6) is 0.596. The van der Waals surface area contributed by atoms with Gasteiger partial charge in [-0.05, 0) is 33.1 Å². The molecule has 2 amide bonds. The summed E-state index contributed by atoms with van der Waals surface area (Å²) in [6.45, 7) is 13.0. The van der Waals surface area contributed by atoms with Crippen LogP contribution in [0.4, 0.5) is 5.13 Å². The fourth-order valence-corrected chi connectivity index (χ4v) is 5.87. The van der Waals surface area contributed by atoms with Crippen LogP contribution in [-0.2, 0) is 22.4 Å². The second kappa shape index (κ2) is 8.60. The lowest BCUT2D eigenvalue weighted by atomic mass is 9.90. The van der Waals surface area contributed by atoms with Crippen molar-refractivity contribution in [1.82, 2.24) is 19.7 Å². The predicted octanol–water partition coefficient (Wildman–Crippen LogP) is 1.47. The van der Waals surface area contributed by atoms with Crippen LogP contribution < -0.4 is 4.90 Å². The van der Waals surface area contributed by atoms with Crippen molar-refractivity contribution in [3.63, 3.8) is 0 Å². The molecule has 0 unspecified atom stereocenters. The third kappa shape index (κ3) is 4.43. The number of amides is 2. The fraction of sp³-hybridized carbons (Fsp3) is 0.762. The molecule has 0 spiro atoms. The second-order valence-corrected chi connectivity index (χ2v) is 9.82. The maximum Gasteiger partial charge on any atom is 0.226 e. The summed E-state index contributed by atoms with van der Waals surface area (Å²) in [5.41, 5.74) is 1.19. The van der Waals surface area contributed by atoms with E-state index in [9.17, 15) is 9.59 Å². The smallest absolute Gasteiger partial charge is 0.226 e. The molecule has 2 aliphatic heterocycles. The number of anilines is 1. The number of carbonyl (C=O) groups is 2. The summed E-state index contributed by atoms with van der Waals surface area (Å²) in [7, 11) is 0. The summed E-state index contributed by atoms with van der Waals surface area (Å²) >= 11 is 1.76. The zero-order valence-electron chi connectivity index (χ0n) is 17.9. The van der Waals surface area contributed by atoms with E-state index in [4.69, 9.17) is 4.98 Å². The predicted molar refractivity (Wildman–Crippen MR) is 115 cm³/mol. The first-order valence-corrected chi connectivity index (χ1v) is 11.8. The van der Waals surface area contributed by atoms with Gasteiger partial charge in [0, 0.05) is 76.1 Å². The molecule has 0 bridgehead atoms. The van der Waals surface area contributed by atoms with Gasteiger partial charge >= 0.3 is 0 Å². The third-order valence-corrected chi connectivity index (χ3v) is 7.81. The van der Waals surface area contributed by atoms with Crippen molar-refractivity contribution in [3.8, 4) is 0 Å². The quantitative estimate of drug-likeness (QED) is 0.743. The fourth-order valence-electron chi connectivity index (χ4n) is 4.64. The van der Waals surface area contributed by atoms with E-state index < -0.39 is 0 Å². The molecule has 0 saturated carbocycles. The number of hydrogen-bond acceptors (Lipinski definition) is 6. The lowest BCUT2D eigenvalue weighted by molar-refractivity contribution is -0.138. The number of carbonyl (C=O) groups excluding carboxylic acids is 2. The normalized spacial score (nSPS) is 23.4. The molecular weight excluding hydrogens is 386 g/mol. The molecule has 29 heavy (non-hydrogen) atoms. The van der Waals surface area contributed by atoms with Gasteiger partial charge in [0.15, 0.2) is 5.13 Å². The highest BCUT2D eigenvalue weighted by molar-refractivity contribution is 7.15. The van der Waals surface area contributed by atoms with Gasteiger partial charge in [-0.2, -0.15) is 0 Å². The van der Waals surface area contributed by atoms with Crippen molar-refractivity contribution in [3.05, 3.63) is 10.6 Å². The number of aromatic nitrogens is 1. The van der Waals surface area contributed by atoms with Crippen molar-refractivity contribution in [2.45, 2.75) is 46.1 Å². The van der Waals surface area contributed by atoms with Gasteiger partial charge in [-0.25, -0.2) is 4.98 Å². The lowest BCUT2D eigenvalue weighted by Crippen LogP contribution is -2.52. The molecule has 0 radical (unpaired) electrons. The molecule has 1 aromatic heterocycles. The largest absolute Gasteiger partial charge is 0.345 e. The van der Waals surface area contributed by atoms with Gasteiger partial charge < -0.3 is 14.7 Å². The summed E-state index contributed by atoms with van der Waals surface area (Å²) < 4.78 is 0. The number of hydrogen-bond donors (Lipinski definition) is 0. The van der Waals surface area contributed by atoms with Crippen LogP contribution in [0.25, 0.3) is 0 Å². The van der Waals surface area contributed by atoms with Gasteiger partial charge in [-0.15, -0.1) is 11.3 Å². The summed E-state index contributed by atoms with van der Waals surface area (Å²) in [4.78, 5) is 39.5. The summed E-state index contributed by atoms with van der Waals surface area (Å²) in [6, 6.07) is 0.553. The van der Waals surface area contributed by atoms with Crippen molar-refractivity contribution in [1.29, 1.82) is 0 Å². The Balaban J connectivity index is 1.35. The Morgan fingerprint density at radius 3 is 2.28 bits per heavy atom. The second-order valence-electron chi connectivity index (χ2n) is 8.75. The minimum absolute atomic E-state index is 0.107. The topological polar surface area (TPSA) is 60.0 Å². The Morgan fingerprint density at radius 2 is 1.66 bits per heavy atom. The highest BCUT2D eigenvalue weighted by atomic mass is 32.1. The Bertz CT molecular complexity index is 748. The van der Waals surface area contributed by atoms with Crippen LogP contribution in [0, 0.1) is 5.92 Å². The average molecular weight is 420 g/mol. The first kappa shape index (κ1) is 20.6. The third-order valence-electron chi connectivity index (χ3n) is 6.63. The zero-order chi connectivity index (χ0) is 20.5. The average Bonchev–Trinajstić information content (AvgIpc) is 3.16. The van der Waals surface area contributed by atoms with Crippen molar-refractivity contribution in [2.75, 3.05) is 57.3 Å². The van der Waals surface area contributed by atoms with Gasteiger partial charge in [-0.3, -0.25) is 14.5 Å². The maximum atomic E-state index is 13.1. The first-order valence-electron chi connectivity index (χ1n) is 10.9. The molecule has 3 aliphatic rings. The molecular formula is C21H33N5O2S. The Kier molecular flexibility index (Phi) is 6.11. The highest BCUT2D eigenvalue weighted by Crippen LogP contribution is 2.35. The van der Waals surface area contributed by atoms with Gasteiger partial charge in [0.25, 0.3) is 0 Å². The standard InChI is InChI=1S/C21H33N5O2S/c1-15(2)23-6-10-25(11-7-23)20(28)17-4-5-18-19(14-17)29-21(22-18)26-12-8-24(9-13-26)16(3)27/h15,17H,4-14H2,1-3H3/t17-/m1/s1. The number of aryl methyl sites for hydroxylation is 1. The van der Waals surface area contributed by atoms with Gasteiger partial charge in [0.2, 0.25) is 11.8 Å². The van der Waals surface area contributed by atoms with Gasteiger partial charge in [0.05, 0.1) is 5.69 Å². The number of fused-ring (bicyclic) bond motifs is 1. The van der Waals surface area contributed by atoms with Crippen LogP contribution in [0.15, 0.2) is 0 Å². The lowest BCUT2D eigenvalue weighted by Gasteiger charge is -2.38. The number of rotatable bonds is 3. The molecule has 2 fully saturated rings. The first-order chi connectivity index (χ1) is 13.9. The molecule has 2 saturated heterocycles. The zero-order valence-corrected chi connectivity index (χ0v) is 18.7. The van der Waals surface area contributed by atoms with E-state index >= 15 is 0 Å². The van der Waals surface area contributed by atoms with Crippen molar-refractivity contribution >= 4 is 28.3 Å². The molecule has 0 N–H and O–H groups in total. The molecule has 8 heteroatoms. The Labute approximate surface area is 177 Å². The molecule has 4 rings (SSSR count). The molecule has 1 atom stereocenters. The minimum atomic E-state index is 0.107. The van der Waals surface area contributed by atoms with Crippen LogP contribution in [0.3, 0.4) is 0 Å². The van der Waals surface area contributed by atoms with E-state index in [2.05, 4.69) is 28.5 Å². The van der Waals surface area contributed by atoms with Crippen LogP contribution in [0.2, 0.25) is 0 Å². The van der Waals surface area contributed by atoms with Crippen LogP contribution in [0.5, 0.6) is 0 Å². The van der Waals surface area contributed by atoms with E-state index in [0.717, 1.165) is 76.8 Å². The Hall–Kier alpha value is -1.67. The SMILES string of the molecule is CC(=O)N1CCN(c2nc3c(s2)C[C@H](C(=O)N2CCN(C(C)C)CC2)CC3)CC1. The number of nitrogens with zero attached hydrogens (tertiary/aromatic N) is 5. The molecule has 0 aromatic carbocycles. The highest BCUT2D eigenvalue weighted by Gasteiger charge is 2.33. The minimum Gasteiger partial charge on any atom is -0.345 e. The van der Waals surface area contributed by atoms with E-state index in [1.807, 2.05) is 4.90 Å². The summed E-state index contributed by atoms with van der Waals surface area (Å²) in [6.07, 6.45) is 2.66. The van der Waals surface area contributed by atoms with Crippen molar-refractivity contribution in [2.24, 2.45) is 5.92 Å². The number of piperazine rings is 2. The molecule has 3 heterocycles. The molecule has 160 valence electrons. The van der Waals surface area contributed by atoms with Crippen LogP contribution in [-0.4, -0.2) is 89.9 Å². The summed E-state index contributed by atoms with van der Waals surface area (Å²) in [5, 5.41) is 1.07. The molecule has 7 nitrogen and oxygen atoms in total. The van der Waals surface area contributed by atoms with Crippen molar-refractivity contribution < 1.29 is 9.59 Å². The number of thiazole rings is 1. The Morgan fingerprint density at radius 1 is 1.00 bits per heavy atom. The van der Waals surface area contributed by atoms with E-state index in [1.165, 1.54) is 10.6 Å². The molecule has 1 aliphatic carbocycles.